The van der Waals surface area contributed by atoms with Crippen LogP contribution in [0.15, 0.2) is 38.0 Å². The van der Waals surface area contributed by atoms with Crippen molar-refractivity contribution in [3.8, 4) is 0 Å². The van der Waals surface area contributed by atoms with Gasteiger partial charge in [-0.15, -0.1) is 0 Å². The van der Waals surface area contributed by atoms with Gasteiger partial charge in [0.1, 0.15) is 8.07 Å². The Bertz CT molecular complexity index is 283. The molecule has 0 bridgehead atoms. The minimum Gasteiger partial charge on any atom is -0.315 e. The van der Waals surface area contributed by atoms with E-state index in [-0.39, 0.29) is 0 Å². The van der Waals surface area contributed by atoms with E-state index in [1.165, 1.54) is 31.0 Å². The Morgan fingerprint density at radius 1 is 0.810 bits per heavy atom. The molecule has 0 spiro atoms. The molecule has 0 aromatic rings. The van der Waals surface area contributed by atoms with Crippen LogP contribution in [0.5, 0.6) is 0 Å². The molecule has 0 rings (SSSR count). The third kappa shape index (κ3) is 4.69. The summed E-state index contributed by atoms with van der Waals surface area (Å²) in [5, 5.41) is 0. The summed E-state index contributed by atoms with van der Waals surface area (Å²) in [6, 6.07) is 4.16. The molecular weight excluding hydrogens is 270 g/mol. The van der Waals surface area contributed by atoms with Crippen LogP contribution >= 0.6 is 0 Å². The molecule has 0 aliphatic rings. The first-order chi connectivity index (χ1) is 10.1. The first kappa shape index (κ1) is 20.4. The van der Waals surface area contributed by atoms with Crippen LogP contribution in [-0.2, 0) is 0 Å². The van der Waals surface area contributed by atoms with Crippen molar-refractivity contribution in [1.29, 1.82) is 0 Å². The van der Waals surface area contributed by atoms with Crippen molar-refractivity contribution >= 4 is 8.07 Å². The quantitative estimate of drug-likeness (QED) is 0.237. The molecule has 2 heteroatoms. The molecule has 21 heavy (non-hydrogen) atoms. The molecule has 1 atom stereocenters. The van der Waals surface area contributed by atoms with Gasteiger partial charge in [0.15, 0.2) is 0 Å². The average Bonchev–Trinajstić information content (AvgIpc) is 2.49. The molecule has 0 heterocycles. The molecule has 0 amide bonds. The van der Waals surface area contributed by atoms with Crippen molar-refractivity contribution in [2.24, 2.45) is 0 Å². The molecule has 0 aromatic carbocycles. The van der Waals surface area contributed by atoms with Gasteiger partial charge in [-0.25, -0.2) is 0 Å². The molecule has 0 fully saturated rings. The zero-order valence-electron chi connectivity index (χ0n) is 15.0. The van der Waals surface area contributed by atoms with E-state index in [9.17, 15) is 0 Å². The van der Waals surface area contributed by atoms with E-state index in [2.05, 4.69) is 65.7 Å². The summed E-state index contributed by atoms with van der Waals surface area (Å²) >= 11 is 0. The zero-order chi connectivity index (χ0) is 16.4. The van der Waals surface area contributed by atoms with Crippen molar-refractivity contribution in [2.45, 2.75) is 64.3 Å². The van der Waals surface area contributed by atoms with Crippen LogP contribution in [0.25, 0.3) is 0 Å². The summed E-state index contributed by atoms with van der Waals surface area (Å²) < 4.78 is 1.10. The van der Waals surface area contributed by atoms with Crippen LogP contribution in [0.2, 0.25) is 18.1 Å². The van der Waals surface area contributed by atoms with Crippen LogP contribution < -0.4 is 0 Å². The average molecular weight is 309 g/mol. The van der Waals surface area contributed by atoms with Crippen LogP contribution in [0.4, 0.5) is 0 Å². The summed E-state index contributed by atoms with van der Waals surface area (Å²) in [5.74, 6) is 0. The fraction of sp³-hybridized carbons (Fsp3) is 0.684. The van der Waals surface area contributed by atoms with Gasteiger partial charge in [0.05, 0.1) is 25.3 Å². The molecule has 0 saturated carbocycles. The molecule has 0 N–H and O–H groups in total. The lowest BCUT2D eigenvalue weighted by atomic mass is 10.2. The van der Waals surface area contributed by atoms with Crippen molar-refractivity contribution in [3.63, 3.8) is 0 Å². The predicted octanol–water partition coefficient (Wildman–Crippen LogP) is 5.58. The summed E-state index contributed by atoms with van der Waals surface area (Å²) in [4.78, 5) is 0. The van der Waals surface area contributed by atoms with Crippen molar-refractivity contribution in [3.05, 3.63) is 38.0 Å². The third-order valence-corrected chi connectivity index (χ3v) is 12.0. The molecule has 122 valence electrons. The summed E-state index contributed by atoms with van der Waals surface area (Å²) in [7, 11) is -1.29. The lowest BCUT2D eigenvalue weighted by molar-refractivity contribution is -0.925. The molecular formula is C19H38NSi+. The van der Waals surface area contributed by atoms with Crippen LogP contribution in [0, 0.1) is 0 Å². The lowest BCUT2D eigenvalue weighted by Gasteiger charge is -2.51. The van der Waals surface area contributed by atoms with Gasteiger partial charge in [-0.1, -0.05) is 72.0 Å². The number of rotatable bonds is 13. The maximum absolute atomic E-state index is 4.04. The van der Waals surface area contributed by atoms with Gasteiger partial charge in [0.25, 0.3) is 0 Å². The van der Waals surface area contributed by atoms with E-state index >= 15 is 0 Å². The minimum atomic E-state index is -1.29. The van der Waals surface area contributed by atoms with Gasteiger partial charge in [0, 0.05) is 0 Å². The van der Waals surface area contributed by atoms with Crippen LogP contribution in [-0.4, -0.2) is 37.9 Å². The smallest absolute Gasteiger partial charge is 0.123 e. The third-order valence-electron chi connectivity index (χ3n) is 5.52. The molecule has 0 saturated heterocycles. The molecule has 1 unspecified atom stereocenters. The Morgan fingerprint density at radius 2 is 1.19 bits per heavy atom. The monoisotopic (exact) mass is 308 g/mol. The zero-order valence-corrected chi connectivity index (χ0v) is 16.0. The highest BCUT2D eigenvalue weighted by Crippen LogP contribution is 2.35. The van der Waals surface area contributed by atoms with Gasteiger partial charge in [-0.3, -0.25) is 0 Å². The number of hydrogen-bond donors (Lipinski definition) is 0. The second kappa shape index (κ2) is 10.2. The van der Waals surface area contributed by atoms with Crippen molar-refractivity contribution in [2.75, 3.05) is 19.6 Å². The predicted molar refractivity (Wildman–Crippen MR) is 101 cm³/mol. The van der Waals surface area contributed by atoms with Gasteiger partial charge < -0.3 is 4.48 Å². The van der Waals surface area contributed by atoms with E-state index < -0.39 is 8.07 Å². The molecule has 0 aliphatic heterocycles. The Morgan fingerprint density at radius 3 is 1.43 bits per heavy atom. The first-order valence-corrected chi connectivity index (χ1v) is 11.4. The number of quaternary nitrogens is 1. The van der Waals surface area contributed by atoms with E-state index in [1.54, 1.807) is 0 Å². The Labute approximate surface area is 135 Å². The summed E-state index contributed by atoms with van der Waals surface area (Å²) in [5.41, 5.74) is 0.788. The molecule has 0 radical (unpaired) electrons. The topological polar surface area (TPSA) is 0 Å². The molecule has 0 aromatic heterocycles. The van der Waals surface area contributed by atoms with Gasteiger partial charge in [0.2, 0.25) is 0 Å². The van der Waals surface area contributed by atoms with Crippen LogP contribution in [0.3, 0.4) is 0 Å². The highest BCUT2D eigenvalue weighted by Gasteiger charge is 2.47. The van der Waals surface area contributed by atoms with E-state index in [0.29, 0.717) is 0 Å². The van der Waals surface area contributed by atoms with Gasteiger partial charge in [-0.05, 0) is 24.6 Å². The first-order valence-electron chi connectivity index (χ1n) is 8.74. The molecule has 1 nitrogen and oxygen atoms in total. The SMILES string of the molecule is C=CC[N+](CC=C)(CC=C)C(CCC)[Si](CC)(CC)CC. The standard InChI is InChI=1S/C19H38NSi/c1-8-15-19(21(12-5,13-6)14-7)20(16-9-2,17-10-3)18-11-4/h9-11,19H,2-4,8,12-18H2,1,5-7H3/q+1. The highest BCUT2D eigenvalue weighted by molar-refractivity contribution is 6.80. The maximum atomic E-state index is 4.04. The fourth-order valence-corrected chi connectivity index (χ4v) is 9.56. The van der Waals surface area contributed by atoms with Gasteiger partial charge >= 0.3 is 0 Å². The lowest BCUT2D eigenvalue weighted by Crippen LogP contribution is -2.66. The Kier molecular flexibility index (Phi) is 9.89. The van der Waals surface area contributed by atoms with Crippen molar-refractivity contribution < 1.29 is 4.48 Å². The van der Waals surface area contributed by atoms with Gasteiger partial charge in [-0.2, -0.15) is 0 Å². The number of hydrogen-bond acceptors (Lipinski definition) is 0. The van der Waals surface area contributed by atoms with E-state index in [0.717, 1.165) is 29.8 Å². The van der Waals surface area contributed by atoms with E-state index in [1.807, 2.05) is 0 Å². The number of nitrogens with zero attached hydrogens (tertiary/aromatic N) is 1. The second-order valence-electron chi connectivity index (χ2n) is 6.36. The minimum absolute atomic E-state index is 0.788. The van der Waals surface area contributed by atoms with Crippen molar-refractivity contribution in [1.82, 2.24) is 0 Å². The van der Waals surface area contributed by atoms with E-state index in [4.69, 9.17) is 0 Å². The maximum Gasteiger partial charge on any atom is 0.123 e. The fourth-order valence-electron chi connectivity index (χ4n) is 4.27. The van der Waals surface area contributed by atoms with Crippen LogP contribution in [0.1, 0.15) is 40.5 Å². The Hall–Kier alpha value is -0.603. The normalized spacial score (nSPS) is 13.7. The molecule has 0 aliphatic carbocycles. The summed E-state index contributed by atoms with van der Waals surface area (Å²) in [6.07, 6.45) is 8.92. The second-order valence-corrected chi connectivity index (χ2v) is 11.9. The summed E-state index contributed by atoms with van der Waals surface area (Å²) in [6.45, 7) is 24.8. The largest absolute Gasteiger partial charge is 0.315 e. The Balaban J connectivity index is 5.93. The highest BCUT2D eigenvalue weighted by atomic mass is 28.3.